The first-order valence-corrected chi connectivity index (χ1v) is 3.60. The predicted octanol–water partition coefficient (Wildman–Crippen LogP) is 1.05. The maximum Gasteiger partial charge on any atom is 0.163 e. The van der Waals surface area contributed by atoms with Gasteiger partial charge < -0.3 is 10.8 Å². The summed E-state index contributed by atoms with van der Waals surface area (Å²) in [7, 11) is 0. The van der Waals surface area contributed by atoms with Crippen LogP contribution in [0.1, 0.15) is 22.8 Å². The number of carbonyl (C=O) groups is 1. The van der Waals surface area contributed by atoms with Crippen LogP contribution < -0.4 is 5.73 Å². The van der Waals surface area contributed by atoms with Gasteiger partial charge in [0.25, 0.3) is 0 Å². The molecule has 4 nitrogen and oxygen atoms in total. The van der Waals surface area contributed by atoms with E-state index in [-0.39, 0.29) is 28.3 Å². The normalized spacial score (nSPS) is 9.23. The second kappa shape index (κ2) is 3.15. The van der Waals surface area contributed by atoms with Gasteiger partial charge in [-0.1, -0.05) is 0 Å². The number of nitriles is 1. The fraction of sp³-hybridized carbons (Fsp3) is 0.111. The molecule has 3 N–H and O–H groups in total. The number of nitrogens with zero attached hydrogens (tertiary/aromatic N) is 1. The summed E-state index contributed by atoms with van der Waals surface area (Å²) < 4.78 is 0. The first-order chi connectivity index (χ1) is 6.07. The topological polar surface area (TPSA) is 87.1 Å². The number of phenols is 1. The Morgan fingerprint density at radius 1 is 1.62 bits per heavy atom. The molecule has 0 saturated heterocycles. The van der Waals surface area contributed by atoms with Crippen LogP contribution in [-0.2, 0) is 0 Å². The van der Waals surface area contributed by atoms with Gasteiger partial charge in [0.05, 0.1) is 16.8 Å². The van der Waals surface area contributed by atoms with Gasteiger partial charge >= 0.3 is 0 Å². The highest BCUT2D eigenvalue weighted by molar-refractivity contribution is 5.98. The molecule has 0 bridgehead atoms. The van der Waals surface area contributed by atoms with Crippen LogP contribution in [0.2, 0.25) is 0 Å². The molecule has 0 unspecified atom stereocenters. The van der Waals surface area contributed by atoms with Crippen molar-refractivity contribution in [1.29, 1.82) is 5.26 Å². The molecule has 0 aliphatic carbocycles. The largest absolute Gasteiger partial charge is 0.505 e. The first-order valence-electron chi connectivity index (χ1n) is 3.60. The van der Waals surface area contributed by atoms with Gasteiger partial charge in [0.2, 0.25) is 0 Å². The van der Waals surface area contributed by atoms with Crippen molar-refractivity contribution in [3.8, 4) is 11.8 Å². The summed E-state index contributed by atoms with van der Waals surface area (Å²) in [5.74, 6) is -0.597. The summed E-state index contributed by atoms with van der Waals surface area (Å²) in [6.07, 6.45) is 0. The zero-order valence-corrected chi connectivity index (χ0v) is 7.03. The number of aromatic hydroxyl groups is 1. The number of ketones is 1. The van der Waals surface area contributed by atoms with Gasteiger partial charge in [-0.05, 0) is 19.1 Å². The van der Waals surface area contributed by atoms with E-state index in [0.29, 0.717) is 0 Å². The maximum absolute atomic E-state index is 10.9. The first kappa shape index (κ1) is 9.07. The lowest BCUT2D eigenvalue weighted by atomic mass is 10.1. The van der Waals surface area contributed by atoms with Gasteiger partial charge in [0, 0.05) is 0 Å². The van der Waals surface area contributed by atoms with E-state index in [1.54, 1.807) is 6.07 Å². The molecule has 0 radical (unpaired) electrons. The molecular weight excluding hydrogens is 168 g/mol. The highest BCUT2D eigenvalue weighted by atomic mass is 16.3. The lowest BCUT2D eigenvalue weighted by Crippen LogP contribution is -1.98. The number of nitrogens with two attached hydrogens (primary N) is 1. The summed E-state index contributed by atoms with van der Waals surface area (Å²) in [6, 6.07) is 4.60. The predicted molar refractivity (Wildman–Crippen MR) is 47.2 cm³/mol. The monoisotopic (exact) mass is 176 g/mol. The lowest BCUT2D eigenvalue weighted by Gasteiger charge is -2.04. The van der Waals surface area contributed by atoms with Crippen molar-refractivity contribution in [3.05, 3.63) is 23.3 Å². The third kappa shape index (κ3) is 1.44. The number of hydrogen-bond donors (Lipinski definition) is 2. The van der Waals surface area contributed by atoms with Gasteiger partial charge in [-0.2, -0.15) is 5.26 Å². The molecular formula is C9H8N2O2. The molecule has 0 atom stereocenters. The van der Waals surface area contributed by atoms with Crippen LogP contribution in [0.5, 0.6) is 5.75 Å². The van der Waals surface area contributed by atoms with Crippen molar-refractivity contribution in [3.63, 3.8) is 0 Å². The fourth-order valence-electron chi connectivity index (χ4n) is 0.990. The molecule has 0 aliphatic rings. The van der Waals surface area contributed by atoms with Crippen LogP contribution in [0.3, 0.4) is 0 Å². The van der Waals surface area contributed by atoms with E-state index in [1.165, 1.54) is 19.1 Å². The number of phenolic OH excluding ortho intramolecular Hbond substituents is 1. The van der Waals surface area contributed by atoms with Gasteiger partial charge in [-0.3, -0.25) is 4.79 Å². The van der Waals surface area contributed by atoms with Crippen molar-refractivity contribution in [2.45, 2.75) is 6.92 Å². The summed E-state index contributed by atoms with van der Waals surface area (Å²) in [5, 5.41) is 17.9. The fourth-order valence-corrected chi connectivity index (χ4v) is 0.990. The molecule has 0 amide bonds. The molecule has 0 spiro atoms. The van der Waals surface area contributed by atoms with Gasteiger partial charge in [-0.25, -0.2) is 0 Å². The molecule has 1 aromatic rings. The minimum absolute atomic E-state index is 0.0461. The number of Topliss-reactive ketones (excluding diaryl/α,β-unsaturated/α-hetero) is 1. The van der Waals surface area contributed by atoms with Crippen LogP contribution in [-0.4, -0.2) is 10.9 Å². The molecule has 0 aliphatic heterocycles. The molecule has 0 aromatic heterocycles. The summed E-state index contributed by atoms with van der Waals surface area (Å²) >= 11 is 0. The van der Waals surface area contributed by atoms with E-state index in [0.717, 1.165) is 0 Å². The maximum atomic E-state index is 10.9. The van der Waals surface area contributed by atoms with Crippen molar-refractivity contribution in [2.24, 2.45) is 0 Å². The van der Waals surface area contributed by atoms with Crippen LogP contribution in [0, 0.1) is 11.3 Å². The number of carbonyl (C=O) groups excluding carboxylic acids is 1. The third-order valence-electron chi connectivity index (χ3n) is 1.72. The molecule has 4 heteroatoms. The van der Waals surface area contributed by atoms with Crippen molar-refractivity contribution < 1.29 is 9.90 Å². The zero-order chi connectivity index (χ0) is 10.0. The van der Waals surface area contributed by atoms with Crippen molar-refractivity contribution in [2.75, 3.05) is 5.73 Å². The second-order valence-corrected chi connectivity index (χ2v) is 2.59. The molecule has 66 valence electrons. The Balaban J connectivity index is 3.42. The Labute approximate surface area is 75.2 Å². The van der Waals surface area contributed by atoms with E-state index in [2.05, 4.69) is 0 Å². The van der Waals surface area contributed by atoms with E-state index < -0.39 is 0 Å². The Morgan fingerprint density at radius 3 is 2.69 bits per heavy atom. The quantitative estimate of drug-likeness (QED) is 0.380. The number of rotatable bonds is 1. The number of nitrogen functional groups attached to an aromatic ring is 1. The summed E-state index contributed by atoms with van der Waals surface area (Å²) in [4.78, 5) is 10.9. The van der Waals surface area contributed by atoms with E-state index in [1.807, 2.05) is 0 Å². The third-order valence-corrected chi connectivity index (χ3v) is 1.72. The van der Waals surface area contributed by atoms with Crippen LogP contribution in [0.4, 0.5) is 5.69 Å². The second-order valence-electron chi connectivity index (χ2n) is 2.59. The number of anilines is 1. The van der Waals surface area contributed by atoms with Gasteiger partial charge in [-0.15, -0.1) is 0 Å². The van der Waals surface area contributed by atoms with Crippen LogP contribution >= 0.6 is 0 Å². The summed E-state index contributed by atoms with van der Waals surface area (Å²) in [5.41, 5.74) is 5.67. The summed E-state index contributed by atoms with van der Waals surface area (Å²) in [6.45, 7) is 1.32. The number of hydrogen-bond acceptors (Lipinski definition) is 4. The van der Waals surface area contributed by atoms with Crippen LogP contribution in [0.25, 0.3) is 0 Å². The van der Waals surface area contributed by atoms with Gasteiger partial charge in [0.1, 0.15) is 6.07 Å². The molecule has 0 saturated carbocycles. The van der Waals surface area contributed by atoms with E-state index in [9.17, 15) is 9.90 Å². The Hall–Kier alpha value is -2.02. The van der Waals surface area contributed by atoms with Crippen LogP contribution in [0.15, 0.2) is 12.1 Å². The standard InChI is InChI=1S/C9H8N2O2/c1-5(12)7-3-2-6(4-10)8(11)9(7)13/h2-3,13H,11H2,1H3. The SMILES string of the molecule is CC(=O)c1ccc(C#N)c(N)c1O. The molecule has 13 heavy (non-hydrogen) atoms. The average molecular weight is 176 g/mol. The van der Waals surface area contributed by atoms with Gasteiger partial charge in [0.15, 0.2) is 11.5 Å². The molecule has 1 rings (SSSR count). The highest BCUT2D eigenvalue weighted by Gasteiger charge is 2.12. The van der Waals surface area contributed by atoms with Crippen molar-refractivity contribution >= 4 is 11.5 Å². The minimum Gasteiger partial charge on any atom is -0.505 e. The van der Waals surface area contributed by atoms with E-state index >= 15 is 0 Å². The Kier molecular flexibility index (Phi) is 2.20. The Bertz CT molecular complexity index is 405. The molecule has 0 fully saturated rings. The average Bonchev–Trinajstić information content (AvgIpc) is 2.09. The smallest absolute Gasteiger partial charge is 0.163 e. The minimum atomic E-state index is -0.313. The lowest BCUT2D eigenvalue weighted by molar-refractivity contribution is 0.101. The van der Waals surface area contributed by atoms with E-state index in [4.69, 9.17) is 11.0 Å². The zero-order valence-electron chi connectivity index (χ0n) is 7.03. The molecule has 1 aromatic carbocycles. The molecule has 0 heterocycles. The van der Waals surface area contributed by atoms with Crippen molar-refractivity contribution in [1.82, 2.24) is 0 Å². The highest BCUT2D eigenvalue weighted by Crippen LogP contribution is 2.28. The number of benzene rings is 1. The Morgan fingerprint density at radius 2 is 2.23 bits per heavy atom.